The fourth-order valence-electron chi connectivity index (χ4n) is 2.65. The van der Waals surface area contributed by atoms with E-state index in [1.807, 2.05) is 19.2 Å². The molecule has 2 aromatic carbocycles. The van der Waals surface area contributed by atoms with E-state index in [-0.39, 0.29) is 5.82 Å². The van der Waals surface area contributed by atoms with E-state index in [1.54, 1.807) is 35.7 Å². The Bertz CT molecular complexity index is 955. The highest BCUT2D eigenvalue weighted by Gasteiger charge is 2.11. The highest BCUT2D eigenvalue weighted by atomic mass is 79.9. The Morgan fingerprint density at radius 2 is 2.00 bits per heavy atom. The number of nitrogens with one attached hydrogen (secondary N) is 1. The molecule has 0 radical (unpaired) electrons. The molecule has 0 aliphatic rings. The summed E-state index contributed by atoms with van der Waals surface area (Å²) in [6, 6.07) is 10.1. The van der Waals surface area contributed by atoms with Crippen LogP contribution in [0.2, 0.25) is 0 Å². The predicted molar refractivity (Wildman–Crippen MR) is 117 cm³/mol. The first kappa shape index (κ1) is 22.5. The number of halogens is 2. The molecular weight excluding hydrogens is 473 g/mol. The summed E-state index contributed by atoms with van der Waals surface area (Å²) >= 11 is 5.24. The molecule has 160 valence electrons. The Balaban J connectivity index is 1.48. The van der Waals surface area contributed by atoms with Gasteiger partial charge in [-0.15, -0.1) is 5.10 Å². The van der Waals surface area contributed by atoms with Gasteiger partial charge in [-0.3, -0.25) is 0 Å². The topological polar surface area (TPSA) is 74.1 Å². The van der Waals surface area contributed by atoms with Crippen LogP contribution in [0.5, 0.6) is 11.5 Å². The molecule has 0 unspecified atom stereocenters. The van der Waals surface area contributed by atoms with Crippen molar-refractivity contribution >= 4 is 27.7 Å². The van der Waals surface area contributed by atoms with Crippen molar-refractivity contribution in [2.75, 3.05) is 19.4 Å². The second-order valence-corrected chi connectivity index (χ2v) is 8.39. The predicted octanol–water partition coefficient (Wildman–Crippen LogP) is 3.97. The van der Waals surface area contributed by atoms with Gasteiger partial charge in [0.2, 0.25) is 5.16 Å². The van der Waals surface area contributed by atoms with E-state index >= 15 is 0 Å². The van der Waals surface area contributed by atoms with Gasteiger partial charge in [0.15, 0.2) is 11.5 Å². The van der Waals surface area contributed by atoms with Gasteiger partial charge in [-0.2, -0.15) is 0 Å². The molecule has 0 spiro atoms. The van der Waals surface area contributed by atoms with Crippen molar-refractivity contribution in [3.63, 3.8) is 0 Å². The van der Waals surface area contributed by atoms with Crippen LogP contribution in [0.1, 0.15) is 17.5 Å². The summed E-state index contributed by atoms with van der Waals surface area (Å²) in [5.74, 6) is 1.95. The zero-order chi connectivity index (χ0) is 21.3. The number of hydrogen-bond donors (Lipinski definition) is 1. The number of hydrogen-bond acceptors (Lipinski definition) is 7. The van der Waals surface area contributed by atoms with E-state index in [2.05, 4.69) is 36.8 Å². The first-order valence-electron chi connectivity index (χ1n) is 9.36. The van der Waals surface area contributed by atoms with Crippen molar-refractivity contribution in [3.8, 4) is 11.5 Å². The molecular formula is C20H23BrFN5O2S. The quantitative estimate of drug-likeness (QED) is 0.318. The van der Waals surface area contributed by atoms with Crippen molar-refractivity contribution < 1.29 is 13.9 Å². The van der Waals surface area contributed by atoms with Gasteiger partial charge in [0.1, 0.15) is 12.4 Å². The fourth-order valence-corrected chi connectivity index (χ4v) is 3.91. The van der Waals surface area contributed by atoms with Crippen LogP contribution in [0.4, 0.5) is 4.39 Å². The maximum absolute atomic E-state index is 13.0. The van der Waals surface area contributed by atoms with Crippen molar-refractivity contribution in [3.05, 3.63) is 57.8 Å². The first-order valence-corrected chi connectivity index (χ1v) is 11.1. The van der Waals surface area contributed by atoms with E-state index in [4.69, 9.17) is 9.47 Å². The lowest BCUT2D eigenvalue weighted by Crippen LogP contribution is -2.16. The Labute approximate surface area is 187 Å². The average molecular weight is 496 g/mol. The van der Waals surface area contributed by atoms with Crippen LogP contribution in [0, 0.1) is 5.82 Å². The molecule has 1 N–H and O–H groups in total. The molecule has 0 amide bonds. The minimum Gasteiger partial charge on any atom is -0.493 e. The molecule has 0 saturated heterocycles. The molecule has 3 aromatic rings. The lowest BCUT2D eigenvalue weighted by atomic mass is 10.2. The summed E-state index contributed by atoms with van der Waals surface area (Å²) in [5.41, 5.74) is 1.96. The average Bonchev–Trinajstić information content (AvgIpc) is 3.16. The van der Waals surface area contributed by atoms with Crippen molar-refractivity contribution in [1.29, 1.82) is 0 Å². The van der Waals surface area contributed by atoms with Gasteiger partial charge in [0.25, 0.3) is 0 Å². The standard InChI is InChI=1S/C20H23BrFN5O2S/c1-27-20(24-25-26-27)30-9-3-8-23-12-15-10-18(28-2)19(11-17(15)21)29-13-14-4-6-16(22)7-5-14/h4-7,10-11,23H,3,8-9,12-13H2,1-2H3. The molecule has 3 rings (SSSR count). The number of thioether (sulfide) groups is 1. The molecule has 0 atom stereocenters. The largest absolute Gasteiger partial charge is 0.493 e. The van der Waals surface area contributed by atoms with E-state index in [1.165, 1.54) is 12.1 Å². The first-order chi connectivity index (χ1) is 14.6. The third kappa shape index (κ3) is 6.41. The van der Waals surface area contributed by atoms with Gasteiger partial charge < -0.3 is 14.8 Å². The Hall–Kier alpha value is -2.17. The van der Waals surface area contributed by atoms with E-state index in [9.17, 15) is 4.39 Å². The summed E-state index contributed by atoms with van der Waals surface area (Å²) in [4.78, 5) is 0. The Morgan fingerprint density at radius 3 is 2.70 bits per heavy atom. The summed E-state index contributed by atoms with van der Waals surface area (Å²) < 4.78 is 27.0. The van der Waals surface area contributed by atoms with Crippen LogP contribution in [0.3, 0.4) is 0 Å². The Morgan fingerprint density at radius 1 is 1.20 bits per heavy atom. The summed E-state index contributed by atoms with van der Waals surface area (Å²) in [7, 11) is 3.45. The summed E-state index contributed by atoms with van der Waals surface area (Å²) in [6.07, 6.45) is 0.991. The van der Waals surface area contributed by atoms with Crippen LogP contribution >= 0.6 is 27.7 Å². The maximum atomic E-state index is 13.0. The van der Waals surface area contributed by atoms with Crippen LogP contribution in [0.25, 0.3) is 0 Å². The van der Waals surface area contributed by atoms with Gasteiger partial charge in [0, 0.05) is 23.8 Å². The molecule has 0 saturated carbocycles. The Kier molecular flexibility index (Phi) is 8.47. The van der Waals surface area contributed by atoms with Crippen LogP contribution in [-0.4, -0.2) is 39.6 Å². The lowest BCUT2D eigenvalue weighted by molar-refractivity contribution is 0.284. The lowest BCUT2D eigenvalue weighted by Gasteiger charge is -2.14. The van der Waals surface area contributed by atoms with Gasteiger partial charge in [-0.05, 0) is 58.8 Å². The van der Waals surface area contributed by atoms with Gasteiger partial charge >= 0.3 is 0 Å². The fraction of sp³-hybridized carbons (Fsp3) is 0.350. The zero-order valence-corrected chi connectivity index (χ0v) is 19.2. The van der Waals surface area contributed by atoms with Gasteiger partial charge in [-0.1, -0.05) is 39.8 Å². The molecule has 1 aromatic heterocycles. The number of aryl methyl sites for hydroxylation is 1. The van der Waals surface area contributed by atoms with Gasteiger partial charge in [-0.25, -0.2) is 9.07 Å². The SMILES string of the molecule is COc1cc(CNCCCSc2nnnn2C)c(Br)cc1OCc1ccc(F)cc1. The second kappa shape index (κ2) is 11.3. The molecule has 10 heteroatoms. The monoisotopic (exact) mass is 495 g/mol. The number of benzene rings is 2. The summed E-state index contributed by atoms with van der Waals surface area (Å²) in [5, 5.41) is 15.7. The van der Waals surface area contributed by atoms with E-state index in [0.717, 1.165) is 39.5 Å². The molecule has 30 heavy (non-hydrogen) atoms. The van der Waals surface area contributed by atoms with Crippen LogP contribution < -0.4 is 14.8 Å². The molecule has 0 fully saturated rings. The van der Waals surface area contributed by atoms with E-state index < -0.39 is 0 Å². The number of tetrazole rings is 1. The summed E-state index contributed by atoms with van der Waals surface area (Å²) in [6.45, 7) is 1.90. The second-order valence-electron chi connectivity index (χ2n) is 6.47. The van der Waals surface area contributed by atoms with Crippen molar-refractivity contribution in [2.45, 2.75) is 24.7 Å². The number of nitrogens with zero attached hydrogens (tertiary/aromatic N) is 4. The normalized spacial score (nSPS) is 10.9. The third-order valence-electron chi connectivity index (χ3n) is 4.27. The van der Waals surface area contributed by atoms with Crippen molar-refractivity contribution in [2.24, 2.45) is 7.05 Å². The number of ether oxygens (including phenoxy) is 2. The molecule has 0 aliphatic carbocycles. The molecule has 0 bridgehead atoms. The number of rotatable bonds is 11. The smallest absolute Gasteiger partial charge is 0.209 e. The minimum absolute atomic E-state index is 0.264. The minimum atomic E-state index is -0.264. The highest BCUT2D eigenvalue weighted by molar-refractivity contribution is 9.10. The van der Waals surface area contributed by atoms with Crippen LogP contribution in [-0.2, 0) is 20.2 Å². The third-order valence-corrected chi connectivity index (χ3v) is 6.10. The zero-order valence-electron chi connectivity index (χ0n) is 16.8. The highest BCUT2D eigenvalue weighted by Crippen LogP contribution is 2.34. The number of methoxy groups -OCH3 is 1. The molecule has 0 aliphatic heterocycles. The van der Waals surface area contributed by atoms with E-state index in [0.29, 0.717) is 24.7 Å². The molecule has 7 nitrogen and oxygen atoms in total. The maximum Gasteiger partial charge on any atom is 0.209 e. The van der Waals surface area contributed by atoms with Gasteiger partial charge in [0.05, 0.1) is 7.11 Å². The van der Waals surface area contributed by atoms with Crippen LogP contribution in [0.15, 0.2) is 46.0 Å². The molecule has 1 heterocycles. The van der Waals surface area contributed by atoms with Crippen molar-refractivity contribution in [1.82, 2.24) is 25.5 Å². The number of aromatic nitrogens is 4.